The normalized spacial score (nSPS) is 15.8. The third-order valence-corrected chi connectivity index (χ3v) is 5.34. The minimum absolute atomic E-state index is 0.145. The lowest BCUT2D eigenvalue weighted by Gasteiger charge is -2.26. The lowest BCUT2D eigenvalue weighted by Crippen LogP contribution is -2.31. The first-order valence-electron chi connectivity index (χ1n) is 8.95. The fraction of sp³-hybridized carbons (Fsp3) is 0.421. The van der Waals surface area contributed by atoms with Crippen LogP contribution in [0.2, 0.25) is 0 Å². The van der Waals surface area contributed by atoms with Crippen molar-refractivity contribution in [1.29, 1.82) is 0 Å². The van der Waals surface area contributed by atoms with Crippen molar-refractivity contribution in [2.24, 2.45) is 0 Å². The van der Waals surface area contributed by atoms with Crippen LogP contribution in [0.3, 0.4) is 0 Å². The van der Waals surface area contributed by atoms with Crippen LogP contribution in [0.4, 0.5) is 5.82 Å². The van der Waals surface area contributed by atoms with Crippen molar-refractivity contribution < 1.29 is 14.3 Å². The number of hydrogen-bond donors (Lipinski definition) is 2. The minimum Gasteiger partial charge on any atom is -0.493 e. The molecular formula is C19H23N3O4S. The van der Waals surface area contributed by atoms with Crippen LogP contribution in [-0.2, 0) is 4.79 Å². The molecule has 0 radical (unpaired) electrons. The van der Waals surface area contributed by atoms with Gasteiger partial charge >= 0.3 is 0 Å². The highest BCUT2D eigenvalue weighted by Crippen LogP contribution is 2.42. The first-order valence-corrected chi connectivity index (χ1v) is 9.94. The highest BCUT2D eigenvalue weighted by atomic mass is 32.2. The van der Waals surface area contributed by atoms with Crippen molar-refractivity contribution in [3.8, 4) is 11.5 Å². The SMILES string of the molecule is CCCSc1nc2c(c(=O)[nH]1)[C@H](c1cccc(OC)c1OCC)CC(=O)N2. The third-order valence-electron chi connectivity index (χ3n) is 4.27. The molecule has 0 bridgehead atoms. The lowest BCUT2D eigenvalue weighted by molar-refractivity contribution is -0.116. The monoisotopic (exact) mass is 389 g/mol. The number of methoxy groups -OCH3 is 1. The molecule has 0 aliphatic carbocycles. The molecule has 1 amide bonds. The van der Waals surface area contributed by atoms with Crippen LogP contribution in [0.15, 0.2) is 28.2 Å². The second-order valence-corrected chi connectivity index (χ2v) is 7.18. The van der Waals surface area contributed by atoms with Crippen molar-refractivity contribution in [3.05, 3.63) is 39.7 Å². The van der Waals surface area contributed by atoms with Gasteiger partial charge in [0.15, 0.2) is 16.7 Å². The van der Waals surface area contributed by atoms with E-state index in [2.05, 4.69) is 22.2 Å². The molecule has 144 valence electrons. The second kappa shape index (κ2) is 8.47. The molecule has 0 unspecified atom stereocenters. The van der Waals surface area contributed by atoms with E-state index in [4.69, 9.17) is 9.47 Å². The summed E-state index contributed by atoms with van der Waals surface area (Å²) in [6.45, 7) is 4.38. The molecule has 7 nitrogen and oxygen atoms in total. The van der Waals surface area contributed by atoms with Crippen molar-refractivity contribution in [2.75, 3.05) is 24.8 Å². The number of amides is 1. The van der Waals surface area contributed by atoms with Crippen LogP contribution >= 0.6 is 11.8 Å². The predicted molar refractivity (Wildman–Crippen MR) is 105 cm³/mol. The first-order chi connectivity index (χ1) is 13.1. The van der Waals surface area contributed by atoms with E-state index in [0.717, 1.165) is 17.7 Å². The molecule has 3 rings (SSSR count). The Bertz CT molecular complexity index is 897. The van der Waals surface area contributed by atoms with Crippen molar-refractivity contribution in [3.63, 3.8) is 0 Å². The largest absolute Gasteiger partial charge is 0.493 e. The molecule has 27 heavy (non-hydrogen) atoms. The Morgan fingerprint density at radius 3 is 2.81 bits per heavy atom. The molecule has 2 N–H and O–H groups in total. The fourth-order valence-corrected chi connectivity index (χ4v) is 3.87. The quantitative estimate of drug-likeness (QED) is 0.558. The Morgan fingerprint density at radius 2 is 2.11 bits per heavy atom. The number of rotatable bonds is 7. The number of carbonyl (C=O) groups is 1. The minimum atomic E-state index is -0.452. The number of nitrogens with zero attached hydrogens (tertiary/aromatic N) is 1. The van der Waals surface area contributed by atoms with Gasteiger partial charge in [0.2, 0.25) is 5.91 Å². The number of para-hydroxylation sites is 1. The summed E-state index contributed by atoms with van der Waals surface area (Å²) in [6.07, 6.45) is 1.11. The van der Waals surface area contributed by atoms with Gasteiger partial charge in [-0.3, -0.25) is 9.59 Å². The van der Waals surface area contributed by atoms with E-state index in [9.17, 15) is 9.59 Å². The Labute approximate surface area is 161 Å². The van der Waals surface area contributed by atoms with Gasteiger partial charge in [-0.25, -0.2) is 4.98 Å². The number of H-pyrrole nitrogens is 1. The Hall–Kier alpha value is -2.48. The maximum absolute atomic E-state index is 12.8. The zero-order chi connectivity index (χ0) is 19.4. The summed E-state index contributed by atoms with van der Waals surface area (Å²) in [5.74, 6) is 1.65. The fourth-order valence-electron chi connectivity index (χ4n) is 3.15. The van der Waals surface area contributed by atoms with Gasteiger partial charge in [0, 0.05) is 23.7 Å². The topological polar surface area (TPSA) is 93.3 Å². The predicted octanol–water partition coefficient (Wildman–Crippen LogP) is 3.15. The number of anilines is 1. The average molecular weight is 389 g/mol. The van der Waals surface area contributed by atoms with Gasteiger partial charge in [0.1, 0.15) is 5.82 Å². The Morgan fingerprint density at radius 1 is 1.30 bits per heavy atom. The second-order valence-electron chi connectivity index (χ2n) is 6.10. The van der Waals surface area contributed by atoms with Crippen LogP contribution in [0.1, 0.15) is 43.7 Å². The lowest BCUT2D eigenvalue weighted by atomic mass is 9.86. The van der Waals surface area contributed by atoms with Crippen LogP contribution in [-0.4, -0.2) is 35.3 Å². The van der Waals surface area contributed by atoms with Gasteiger partial charge < -0.3 is 19.8 Å². The van der Waals surface area contributed by atoms with Crippen molar-refractivity contribution in [1.82, 2.24) is 9.97 Å². The molecule has 0 saturated heterocycles. The Kier molecular flexibility index (Phi) is 6.05. The smallest absolute Gasteiger partial charge is 0.257 e. The molecule has 1 atom stereocenters. The molecule has 2 heterocycles. The number of aromatic amines is 1. The van der Waals surface area contributed by atoms with Gasteiger partial charge in [-0.15, -0.1) is 0 Å². The van der Waals surface area contributed by atoms with Crippen molar-refractivity contribution in [2.45, 2.75) is 37.8 Å². The van der Waals surface area contributed by atoms with E-state index in [-0.39, 0.29) is 17.9 Å². The molecule has 1 aromatic carbocycles. The number of thioether (sulfide) groups is 1. The zero-order valence-corrected chi connectivity index (χ0v) is 16.4. The summed E-state index contributed by atoms with van der Waals surface area (Å²) in [7, 11) is 1.56. The number of aromatic nitrogens is 2. The van der Waals surface area contributed by atoms with Gasteiger partial charge in [-0.1, -0.05) is 30.8 Å². The number of nitrogens with one attached hydrogen (secondary N) is 2. The number of benzene rings is 1. The van der Waals surface area contributed by atoms with E-state index in [1.165, 1.54) is 11.8 Å². The van der Waals surface area contributed by atoms with Crippen LogP contribution in [0, 0.1) is 0 Å². The summed E-state index contributed by atoms with van der Waals surface area (Å²) < 4.78 is 11.2. The van der Waals surface area contributed by atoms with Crippen LogP contribution in [0.25, 0.3) is 0 Å². The highest BCUT2D eigenvalue weighted by Gasteiger charge is 2.33. The van der Waals surface area contributed by atoms with E-state index in [1.807, 2.05) is 19.1 Å². The number of ether oxygens (including phenoxy) is 2. The molecule has 1 aliphatic rings. The Balaban J connectivity index is 2.12. The van der Waals surface area contributed by atoms with Gasteiger partial charge in [0.05, 0.1) is 19.3 Å². The maximum atomic E-state index is 12.8. The average Bonchev–Trinajstić information content (AvgIpc) is 2.65. The van der Waals surface area contributed by atoms with Gasteiger partial charge in [0.25, 0.3) is 5.56 Å². The van der Waals surface area contributed by atoms with Crippen LogP contribution in [0.5, 0.6) is 11.5 Å². The summed E-state index contributed by atoms with van der Waals surface area (Å²) >= 11 is 1.46. The number of fused-ring (bicyclic) bond motifs is 1. The molecule has 0 fully saturated rings. The molecule has 1 aliphatic heterocycles. The zero-order valence-electron chi connectivity index (χ0n) is 15.6. The number of carbonyl (C=O) groups excluding carboxylic acids is 1. The molecule has 8 heteroatoms. The first kappa shape index (κ1) is 19.3. The van der Waals surface area contributed by atoms with Gasteiger partial charge in [-0.05, 0) is 19.4 Å². The standard InChI is InChI=1S/C19H23N3O4S/c1-4-9-27-19-21-17-15(18(24)22-19)12(10-14(23)20-17)11-7-6-8-13(25-3)16(11)26-5-2/h6-8,12H,4-5,9-10H2,1-3H3,(H2,20,21,22,23,24)/t12-/m0/s1. The van der Waals surface area contributed by atoms with E-state index in [1.54, 1.807) is 13.2 Å². The molecule has 0 spiro atoms. The maximum Gasteiger partial charge on any atom is 0.257 e. The highest BCUT2D eigenvalue weighted by molar-refractivity contribution is 7.99. The van der Waals surface area contributed by atoms with Gasteiger partial charge in [-0.2, -0.15) is 0 Å². The number of hydrogen-bond acceptors (Lipinski definition) is 6. The van der Waals surface area contributed by atoms with Crippen LogP contribution < -0.4 is 20.3 Å². The van der Waals surface area contributed by atoms with E-state index < -0.39 is 5.92 Å². The molecule has 2 aromatic rings. The summed E-state index contributed by atoms with van der Waals surface area (Å²) in [6, 6.07) is 5.49. The third kappa shape index (κ3) is 3.95. The molecule has 1 aromatic heterocycles. The molecular weight excluding hydrogens is 366 g/mol. The van der Waals surface area contributed by atoms with E-state index >= 15 is 0 Å². The molecule has 0 saturated carbocycles. The summed E-state index contributed by atoms with van der Waals surface area (Å²) in [5, 5.41) is 3.25. The summed E-state index contributed by atoms with van der Waals surface area (Å²) in [5.41, 5.74) is 0.951. The summed E-state index contributed by atoms with van der Waals surface area (Å²) in [4.78, 5) is 32.5. The van der Waals surface area contributed by atoms with Crippen molar-refractivity contribution >= 4 is 23.5 Å². The van der Waals surface area contributed by atoms with E-state index in [0.29, 0.717) is 34.6 Å².